The van der Waals surface area contributed by atoms with Crippen LogP contribution in [-0.2, 0) is 33.5 Å². The average Bonchev–Trinajstić information content (AvgIpc) is 3.35. The Kier molecular flexibility index (Phi) is 14.5. The standard InChI is InChI=1S/C37H58O9SSi/c1-28(31(44-34-20-12-14-23-42-34)22-25-41-29-17-9-7-10-18-29)36-30(19-11-8-16-26-47(38,39)40)32(46-48(5,6)37(2,3)4)27-33(36)45-35-21-13-15-24-43-35/h7,9-10,17-18,30,32-36H,11-15,19-27H2,1-6H3,(H,38,39,40)/t30-,32-,33-,34?,35?,36+/m1/s1. The molecule has 3 aliphatic rings. The molecule has 1 saturated carbocycles. The van der Waals surface area contributed by atoms with Gasteiger partial charge in [0.05, 0.1) is 25.4 Å². The van der Waals surface area contributed by atoms with Crippen molar-refractivity contribution in [2.45, 2.75) is 135 Å². The van der Waals surface area contributed by atoms with Gasteiger partial charge in [-0.3, -0.25) is 4.55 Å². The van der Waals surface area contributed by atoms with E-state index in [0.717, 1.165) is 55.6 Å². The lowest BCUT2D eigenvalue weighted by atomic mass is 9.83. The first-order valence-corrected chi connectivity index (χ1v) is 22.3. The molecule has 2 unspecified atom stereocenters. The number of hydrogen-bond acceptors (Lipinski definition) is 8. The monoisotopic (exact) mass is 706 g/mol. The van der Waals surface area contributed by atoms with E-state index in [-0.39, 0.29) is 41.7 Å². The van der Waals surface area contributed by atoms with E-state index in [2.05, 4.69) is 52.6 Å². The van der Waals surface area contributed by atoms with Crippen LogP contribution in [0.5, 0.6) is 5.75 Å². The van der Waals surface area contributed by atoms with Gasteiger partial charge < -0.3 is 28.1 Å². The first-order valence-electron chi connectivity index (χ1n) is 17.7. The van der Waals surface area contributed by atoms with Gasteiger partial charge in [0.25, 0.3) is 10.1 Å². The summed E-state index contributed by atoms with van der Waals surface area (Å²) in [6.45, 7) is 15.3. The summed E-state index contributed by atoms with van der Waals surface area (Å²) in [4.78, 5) is 0. The summed E-state index contributed by atoms with van der Waals surface area (Å²) >= 11 is 0. The molecule has 9 nitrogen and oxygen atoms in total. The zero-order chi connectivity index (χ0) is 34.8. The van der Waals surface area contributed by atoms with Crippen molar-refractivity contribution >= 4 is 18.4 Å². The number of ether oxygens (including phenoxy) is 5. The van der Waals surface area contributed by atoms with Crippen LogP contribution in [0.1, 0.15) is 91.9 Å². The molecule has 3 fully saturated rings. The summed E-state index contributed by atoms with van der Waals surface area (Å²) in [5, 5.41) is 0.0139. The van der Waals surface area contributed by atoms with Crippen molar-refractivity contribution in [1.82, 2.24) is 0 Å². The summed E-state index contributed by atoms with van der Waals surface area (Å²) in [5.74, 6) is 6.71. The molecule has 11 heteroatoms. The lowest BCUT2D eigenvalue weighted by molar-refractivity contribution is -0.194. The first-order chi connectivity index (χ1) is 22.7. The molecule has 1 aliphatic carbocycles. The van der Waals surface area contributed by atoms with E-state index in [4.69, 9.17) is 28.1 Å². The van der Waals surface area contributed by atoms with Gasteiger partial charge in [-0.05, 0) is 93.6 Å². The lowest BCUT2D eigenvalue weighted by Crippen LogP contribution is -2.45. The van der Waals surface area contributed by atoms with Crippen LogP contribution in [0.2, 0.25) is 18.1 Å². The summed E-state index contributed by atoms with van der Waals surface area (Å²) < 4.78 is 70.8. The third-order valence-electron chi connectivity index (χ3n) is 10.2. The van der Waals surface area contributed by atoms with Gasteiger partial charge in [0.1, 0.15) is 17.3 Å². The van der Waals surface area contributed by atoms with Gasteiger partial charge in [-0.2, -0.15) is 8.42 Å². The molecule has 270 valence electrons. The van der Waals surface area contributed by atoms with Crippen LogP contribution in [-0.4, -0.2) is 71.6 Å². The molecular weight excluding hydrogens is 649 g/mol. The van der Waals surface area contributed by atoms with Gasteiger partial charge in [0.2, 0.25) is 0 Å². The fraction of sp³-hybridized carbons (Fsp3) is 0.730. The van der Waals surface area contributed by atoms with Crippen LogP contribution in [0.3, 0.4) is 0 Å². The third kappa shape index (κ3) is 11.9. The second-order valence-corrected chi connectivity index (χ2v) is 21.1. The molecule has 0 aromatic heterocycles. The number of rotatable bonds is 14. The zero-order valence-electron chi connectivity index (χ0n) is 29.9. The Morgan fingerprint density at radius 3 is 2.25 bits per heavy atom. The lowest BCUT2D eigenvalue weighted by Gasteiger charge is -2.40. The highest BCUT2D eigenvalue weighted by atomic mass is 32.2. The van der Waals surface area contributed by atoms with Crippen molar-refractivity contribution in [2.75, 3.05) is 25.6 Å². The van der Waals surface area contributed by atoms with Crippen molar-refractivity contribution in [3.05, 3.63) is 41.7 Å². The first kappa shape index (κ1) is 38.9. The Bertz CT molecular complexity index is 1330. The molecule has 4 rings (SSSR count). The Morgan fingerprint density at radius 1 is 0.979 bits per heavy atom. The van der Waals surface area contributed by atoms with Gasteiger partial charge in [0.15, 0.2) is 20.9 Å². The summed E-state index contributed by atoms with van der Waals surface area (Å²) in [5.41, 5.74) is 1.10. The summed E-state index contributed by atoms with van der Waals surface area (Å²) in [7, 11) is -6.33. The van der Waals surface area contributed by atoms with E-state index in [9.17, 15) is 13.0 Å². The molecule has 2 heterocycles. The summed E-state index contributed by atoms with van der Waals surface area (Å²) in [6.07, 6.45) is 7.47. The van der Waals surface area contributed by atoms with Crippen LogP contribution < -0.4 is 4.74 Å². The highest BCUT2D eigenvalue weighted by Crippen LogP contribution is 2.48. The third-order valence-corrected chi connectivity index (χ3v) is 15.2. The molecule has 2 saturated heterocycles. The number of para-hydroxylation sites is 1. The normalized spacial score (nSPS) is 27.5. The van der Waals surface area contributed by atoms with Crippen LogP contribution in [0.25, 0.3) is 0 Å². The molecule has 0 amide bonds. The minimum atomic E-state index is -4.15. The number of hydrogen-bond donors (Lipinski definition) is 1. The van der Waals surface area contributed by atoms with E-state index < -0.39 is 24.2 Å². The quantitative estimate of drug-likeness (QED) is 0.0894. The molecule has 6 atom stereocenters. The molecule has 0 radical (unpaired) electrons. The van der Waals surface area contributed by atoms with Gasteiger partial charge in [-0.25, -0.2) is 0 Å². The predicted octanol–water partition coefficient (Wildman–Crippen LogP) is 7.88. The molecule has 0 spiro atoms. The topological polar surface area (TPSA) is 110 Å². The van der Waals surface area contributed by atoms with E-state index in [0.29, 0.717) is 45.5 Å². The van der Waals surface area contributed by atoms with Gasteiger partial charge in [-0.1, -0.05) is 44.9 Å². The SMILES string of the molecule is CC(=C(CCOc1ccccc1)OC1CCCCO1)[C@H]1[C@H](CCC#CCS(=O)(=O)O)[C@H](O[Si](C)(C)C(C)(C)C)C[C@H]1OC1CCCCO1. The molecule has 48 heavy (non-hydrogen) atoms. The molecule has 2 aliphatic heterocycles. The van der Waals surface area contributed by atoms with Crippen molar-refractivity contribution in [1.29, 1.82) is 0 Å². The van der Waals surface area contributed by atoms with Gasteiger partial charge >= 0.3 is 0 Å². The smallest absolute Gasteiger partial charge is 0.276 e. The van der Waals surface area contributed by atoms with E-state index >= 15 is 0 Å². The molecule has 0 bridgehead atoms. The maximum Gasteiger partial charge on any atom is 0.276 e. The predicted molar refractivity (Wildman–Crippen MR) is 189 cm³/mol. The van der Waals surface area contributed by atoms with Crippen LogP contribution in [0.4, 0.5) is 0 Å². The second kappa shape index (κ2) is 17.8. The van der Waals surface area contributed by atoms with Crippen molar-refractivity contribution < 1.29 is 41.1 Å². The highest BCUT2D eigenvalue weighted by molar-refractivity contribution is 7.86. The number of benzene rings is 1. The maximum absolute atomic E-state index is 11.3. The minimum absolute atomic E-state index is 0.0139. The largest absolute Gasteiger partial charge is 0.493 e. The van der Waals surface area contributed by atoms with Crippen molar-refractivity contribution in [3.63, 3.8) is 0 Å². The Hall–Kier alpha value is -1.91. The molecular formula is C37H58O9SSi. The Morgan fingerprint density at radius 2 is 1.65 bits per heavy atom. The molecule has 1 aromatic carbocycles. The second-order valence-electron chi connectivity index (χ2n) is 14.9. The van der Waals surface area contributed by atoms with Crippen molar-refractivity contribution in [2.24, 2.45) is 11.8 Å². The van der Waals surface area contributed by atoms with Crippen molar-refractivity contribution in [3.8, 4) is 17.6 Å². The molecule has 1 N–H and O–H groups in total. The fourth-order valence-electron chi connectivity index (χ4n) is 6.61. The van der Waals surface area contributed by atoms with Crippen LogP contribution in [0.15, 0.2) is 41.7 Å². The fourth-order valence-corrected chi connectivity index (χ4v) is 8.28. The van der Waals surface area contributed by atoms with Gasteiger partial charge in [0, 0.05) is 31.8 Å². The maximum atomic E-state index is 11.3. The Balaban J connectivity index is 1.70. The summed E-state index contributed by atoms with van der Waals surface area (Å²) in [6, 6.07) is 9.80. The minimum Gasteiger partial charge on any atom is -0.493 e. The molecule has 1 aromatic rings. The highest BCUT2D eigenvalue weighted by Gasteiger charge is 2.50. The van der Waals surface area contributed by atoms with Crippen LogP contribution >= 0.6 is 0 Å². The van der Waals surface area contributed by atoms with Crippen LogP contribution in [0, 0.1) is 23.7 Å². The Labute approximate surface area is 290 Å². The average molecular weight is 707 g/mol. The van der Waals surface area contributed by atoms with Gasteiger partial charge in [-0.15, -0.1) is 5.92 Å². The van der Waals surface area contributed by atoms with E-state index in [1.54, 1.807) is 0 Å². The van der Waals surface area contributed by atoms with E-state index in [1.165, 1.54) is 0 Å². The zero-order valence-corrected chi connectivity index (χ0v) is 31.7. The van der Waals surface area contributed by atoms with E-state index in [1.807, 2.05) is 30.3 Å².